The van der Waals surface area contributed by atoms with Crippen LogP contribution < -0.4 is 5.32 Å². The van der Waals surface area contributed by atoms with Crippen LogP contribution in [0.5, 0.6) is 0 Å². The van der Waals surface area contributed by atoms with E-state index < -0.39 is 0 Å². The van der Waals surface area contributed by atoms with Crippen molar-refractivity contribution < 1.29 is 4.39 Å². The molecule has 2 aromatic carbocycles. The number of aryl methyl sites for hydroxylation is 4. The second-order valence-electron chi connectivity index (χ2n) is 5.57. The van der Waals surface area contributed by atoms with Crippen molar-refractivity contribution in [1.82, 2.24) is 5.32 Å². The first-order valence-electron chi connectivity index (χ1n) is 7.00. The summed E-state index contributed by atoms with van der Waals surface area (Å²) >= 11 is 0. The lowest BCUT2D eigenvalue weighted by Gasteiger charge is -2.09. The Balaban J connectivity index is 1.97. The van der Waals surface area contributed by atoms with Gasteiger partial charge in [-0.1, -0.05) is 30.3 Å². The lowest BCUT2D eigenvalue weighted by molar-refractivity contribution is 0.606. The minimum absolute atomic E-state index is 0.0945. The van der Waals surface area contributed by atoms with E-state index in [0.717, 1.165) is 18.7 Å². The third kappa shape index (κ3) is 3.45. The first-order valence-corrected chi connectivity index (χ1v) is 7.00. The molecule has 0 radical (unpaired) electrons. The molecule has 0 saturated heterocycles. The number of hydrogen-bond donors (Lipinski definition) is 1. The molecular weight excluding hydrogens is 249 g/mol. The van der Waals surface area contributed by atoms with Crippen molar-refractivity contribution in [3.8, 4) is 0 Å². The molecule has 2 heteroatoms. The Hall–Kier alpha value is -1.67. The third-order valence-corrected chi connectivity index (χ3v) is 3.73. The van der Waals surface area contributed by atoms with Gasteiger partial charge in [0.25, 0.3) is 0 Å². The van der Waals surface area contributed by atoms with Crippen LogP contribution >= 0.6 is 0 Å². The van der Waals surface area contributed by atoms with Crippen LogP contribution in [0.25, 0.3) is 0 Å². The zero-order chi connectivity index (χ0) is 14.7. The van der Waals surface area contributed by atoms with Crippen LogP contribution in [0.2, 0.25) is 0 Å². The van der Waals surface area contributed by atoms with Crippen LogP contribution in [-0.2, 0) is 13.1 Å². The second-order valence-corrected chi connectivity index (χ2v) is 5.57. The minimum atomic E-state index is -0.0945. The van der Waals surface area contributed by atoms with E-state index in [-0.39, 0.29) is 5.82 Å². The Morgan fingerprint density at radius 1 is 0.750 bits per heavy atom. The summed E-state index contributed by atoms with van der Waals surface area (Å²) in [6, 6.07) is 10.3. The highest BCUT2D eigenvalue weighted by Crippen LogP contribution is 2.15. The molecule has 0 aliphatic carbocycles. The van der Waals surface area contributed by atoms with E-state index in [1.165, 1.54) is 16.7 Å². The first-order chi connectivity index (χ1) is 9.47. The number of rotatable bonds is 4. The highest BCUT2D eigenvalue weighted by molar-refractivity contribution is 5.31. The maximum atomic E-state index is 13.6. The molecule has 0 amide bonds. The van der Waals surface area contributed by atoms with Gasteiger partial charge in [-0.3, -0.25) is 0 Å². The zero-order valence-electron chi connectivity index (χ0n) is 12.7. The van der Waals surface area contributed by atoms with E-state index >= 15 is 0 Å². The largest absolute Gasteiger partial charge is 0.309 e. The normalized spacial score (nSPS) is 10.8. The zero-order valence-corrected chi connectivity index (χ0v) is 12.7. The molecule has 106 valence electrons. The average molecular weight is 271 g/mol. The standard InChI is InChI=1S/C18H22FN/c1-12-5-6-16(7-13(12)2)10-20-11-17-8-14(3)18(19)15(4)9-17/h5-9,20H,10-11H2,1-4H3. The summed E-state index contributed by atoms with van der Waals surface area (Å²) in [4.78, 5) is 0. The van der Waals surface area contributed by atoms with Gasteiger partial charge >= 0.3 is 0 Å². The fourth-order valence-electron chi connectivity index (χ4n) is 2.40. The number of halogens is 1. The second kappa shape index (κ2) is 6.19. The molecule has 0 saturated carbocycles. The quantitative estimate of drug-likeness (QED) is 0.871. The Kier molecular flexibility index (Phi) is 4.56. The molecule has 0 aliphatic heterocycles. The molecule has 0 unspecified atom stereocenters. The van der Waals surface area contributed by atoms with Gasteiger partial charge in [-0.25, -0.2) is 4.39 Å². The molecular formula is C18H22FN. The fraction of sp³-hybridized carbons (Fsp3) is 0.333. The molecule has 1 N–H and O–H groups in total. The lowest BCUT2D eigenvalue weighted by Crippen LogP contribution is -2.13. The average Bonchev–Trinajstić information content (AvgIpc) is 2.40. The Morgan fingerprint density at radius 2 is 1.30 bits per heavy atom. The number of nitrogens with one attached hydrogen (secondary N) is 1. The molecule has 0 aromatic heterocycles. The van der Waals surface area contributed by atoms with Gasteiger partial charge in [-0.05, 0) is 61.1 Å². The Labute approximate surface area is 120 Å². The monoisotopic (exact) mass is 271 g/mol. The summed E-state index contributed by atoms with van der Waals surface area (Å²) in [5, 5.41) is 3.42. The van der Waals surface area contributed by atoms with Gasteiger partial charge in [0, 0.05) is 13.1 Å². The summed E-state index contributed by atoms with van der Waals surface area (Å²) in [6.07, 6.45) is 0. The maximum absolute atomic E-state index is 13.6. The van der Waals surface area contributed by atoms with Gasteiger partial charge in [-0.15, -0.1) is 0 Å². The molecule has 0 bridgehead atoms. The minimum Gasteiger partial charge on any atom is -0.309 e. The van der Waals surface area contributed by atoms with Crippen LogP contribution in [0.1, 0.15) is 33.4 Å². The van der Waals surface area contributed by atoms with Crippen molar-refractivity contribution in [3.63, 3.8) is 0 Å². The molecule has 0 aliphatic rings. The maximum Gasteiger partial charge on any atom is 0.129 e. The van der Waals surface area contributed by atoms with Crippen molar-refractivity contribution in [1.29, 1.82) is 0 Å². The van der Waals surface area contributed by atoms with Crippen LogP contribution in [0.3, 0.4) is 0 Å². The Bertz CT molecular complexity index is 594. The third-order valence-electron chi connectivity index (χ3n) is 3.73. The summed E-state index contributed by atoms with van der Waals surface area (Å²) in [7, 11) is 0. The van der Waals surface area contributed by atoms with Gasteiger partial charge in [0.15, 0.2) is 0 Å². The topological polar surface area (TPSA) is 12.0 Å². The van der Waals surface area contributed by atoms with Crippen molar-refractivity contribution in [2.24, 2.45) is 0 Å². The summed E-state index contributed by atoms with van der Waals surface area (Å²) < 4.78 is 13.6. The van der Waals surface area contributed by atoms with Crippen LogP contribution in [0.4, 0.5) is 4.39 Å². The molecule has 0 atom stereocenters. The summed E-state index contributed by atoms with van der Waals surface area (Å²) in [6.45, 7) is 9.47. The molecule has 2 aromatic rings. The predicted octanol–water partition coefficient (Wildman–Crippen LogP) is 4.35. The highest BCUT2D eigenvalue weighted by atomic mass is 19.1. The molecule has 1 nitrogen and oxygen atoms in total. The molecule has 0 heterocycles. The van der Waals surface area contributed by atoms with Gasteiger partial charge in [0.05, 0.1) is 0 Å². The number of hydrogen-bond acceptors (Lipinski definition) is 1. The van der Waals surface area contributed by atoms with E-state index in [2.05, 4.69) is 37.4 Å². The van der Waals surface area contributed by atoms with E-state index in [1.54, 1.807) is 0 Å². The molecule has 0 spiro atoms. The van der Waals surface area contributed by atoms with Crippen LogP contribution in [0, 0.1) is 33.5 Å². The summed E-state index contributed by atoms with van der Waals surface area (Å²) in [5.74, 6) is -0.0945. The number of benzene rings is 2. The van der Waals surface area contributed by atoms with E-state index in [1.807, 2.05) is 26.0 Å². The SMILES string of the molecule is Cc1ccc(CNCc2cc(C)c(F)c(C)c2)cc1C. The van der Waals surface area contributed by atoms with E-state index in [0.29, 0.717) is 11.1 Å². The predicted molar refractivity (Wildman–Crippen MR) is 82.3 cm³/mol. The van der Waals surface area contributed by atoms with Gasteiger partial charge in [0.1, 0.15) is 5.82 Å². The molecule has 2 rings (SSSR count). The van der Waals surface area contributed by atoms with E-state index in [4.69, 9.17) is 0 Å². The van der Waals surface area contributed by atoms with Gasteiger partial charge < -0.3 is 5.32 Å². The van der Waals surface area contributed by atoms with Gasteiger partial charge in [-0.2, -0.15) is 0 Å². The first kappa shape index (κ1) is 14.7. The van der Waals surface area contributed by atoms with Gasteiger partial charge in [0.2, 0.25) is 0 Å². The molecule has 0 fully saturated rings. The lowest BCUT2D eigenvalue weighted by atomic mass is 10.1. The van der Waals surface area contributed by atoms with Crippen molar-refractivity contribution in [2.45, 2.75) is 40.8 Å². The Morgan fingerprint density at radius 3 is 1.90 bits per heavy atom. The molecule has 20 heavy (non-hydrogen) atoms. The van der Waals surface area contributed by atoms with Crippen LogP contribution in [0.15, 0.2) is 30.3 Å². The van der Waals surface area contributed by atoms with Crippen molar-refractivity contribution >= 4 is 0 Å². The van der Waals surface area contributed by atoms with Crippen LogP contribution in [-0.4, -0.2) is 0 Å². The van der Waals surface area contributed by atoms with E-state index in [9.17, 15) is 4.39 Å². The van der Waals surface area contributed by atoms with Crippen molar-refractivity contribution in [2.75, 3.05) is 0 Å². The fourth-order valence-corrected chi connectivity index (χ4v) is 2.40. The highest BCUT2D eigenvalue weighted by Gasteiger charge is 2.04. The smallest absolute Gasteiger partial charge is 0.129 e. The van der Waals surface area contributed by atoms with Crippen molar-refractivity contribution in [3.05, 3.63) is 69.5 Å². The summed E-state index contributed by atoms with van der Waals surface area (Å²) in [5.41, 5.74) is 6.48.